The Hall–Kier alpha value is -2.22. The normalized spacial score (nSPS) is 12.8. The monoisotopic (exact) mass is 396 g/mol. The molecule has 0 unspecified atom stereocenters. The van der Waals surface area contributed by atoms with Crippen molar-refractivity contribution in [3.05, 3.63) is 35.9 Å². The Morgan fingerprint density at radius 1 is 1.11 bits per heavy atom. The lowest BCUT2D eigenvalue weighted by atomic mass is 10.0. The third kappa shape index (κ3) is 8.34. The quantitative estimate of drug-likeness (QED) is 0.590. The molecule has 1 rings (SSSR count). The second-order valence-electron chi connectivity index (χ2n) is 6.29. The van der Waals surface area contributed by atoms with Gasteiger partial charge in [0.05, 0.1) is 7.11 Å². The number of esters is 1. The lowest BCUT2D eigenvalue weighted by Crippen LogP contribution is -2.53. The number of hydrogen-bond donors (Lipinski definition) is 2. The van der Waals surface area contributed by atoms with Crippen LogP contribution in [-0.2, 0) is 25.7 Å². The van der Waals surface area contributed by atoms with Crippen molar-refractivity contribution in [3.63, 3.8) is 0 Å². The van der Waals surface area contributed by atoms with Crippen LogP contribution < -0.4 is 10.6 Å². The topological polar surface area (TPSA) is 93.7 Å². The second kappa shape index (κ2) is 12.2. The molecular weight excluding hydrogens is 368 g/mol. The zero-order valence-electron chi connectivity index (χ0n) is 16.2. The number of hydrogen-bond acceptors (Lipinski definition) is 6. The van der Waals surface area contributed by atoms with E-state index in [2.05, 4.69) is 10.6 Å². The van der Waals surface area contributed by atoms with Crippen LogP contribution in [-0.4, -0.2) is 49.2 Å². The van der Waals surface area contributed by atoms with E-state index in [9.17, 15) is 14.4 Å². The minimum absolute atomic E-state index is 0.111. The summed E-state index contributed by atoms with van der Waals surface area (Å²) in [5.41, 5.74) is 0.850. The third-order valence-electron chi connectivity index (χ3n) is 3.85. The summed E-state index contributed by atoms with van der Waals surface area (Å²) in [5, 5.41) is 5.25. The fourth-order valence-corrected chi connectivity index (χ4v) is 2.76. The predicted octanol–water partition coefficient (Wildman–Crippen LogP) is 2.35. The maximum atomic E-state index is 12.6. The molecule has 0 aliphatic heterocycles. The molecule has 0 saturated carbocycles. The highest BCUT2D eigenvalue weighted by atomic mass is 32.2. The first-order valence-corrected chi connectivity index (χ1v) is 10.1. The standard InChI is InChI=1S/C19H28N2O5S/c1-13(2)16(18(23)25-3)21-17(22)15(10-11-27-4)20-19(24)26-12-14-8-6-5-7-9-14/h5-9,13,15-16H,10-12H2,1-4H3,(H,20,24)(H,21,22)/t15-,16+/m1/s1. The summed E-state index contributed by atoms with van der Waals surface area (Å²) < 4.78 is 9.92. The molecule has 2 amide bonds. The first kappa shape index (κ1) is 22.8. The molecule has 0 fully saturated rings. The number of benzene rings is 1. The molecule has 2 atom stereocenters. The number of thioether (sulfide) groups is 1. The minimum Gasteiger partial charge on any atom is -0.467 e. The number of methoxy groups -OCH3 is 1. The van der Waals surface area contributed by atoms with Gasteiger partial charge >= 0.3 is 12.1 Å². The predicted molar refractivity (Wildman–Crippen MR) is 105 cm³/mol. The molecule has 0 aliphatic rings. The molecule has 0 spiro atoms. The third-order valence-corrected chi connectivity index (χ3v) is 4.50. The molecule has 1 aromatic rings. The van der Waals surface area contributed by atoms with Gasteiger partial charge in [0.25, 0.3) is 0 Å². The molecule has 0 bridgehead atoms. The molecule has 8 heteroatoms. The minimum atomic E-state index is -0.799. The zero-order chi connectivity index (χ0) is 20.2. The van der Waals surface area contributed by atoms with Gasteiger partial charge in [0, 0.05) is 0 Å². The van der Waals surface area contributed by atoms with Gasteiger partial charge in [-0.15, -0.1) is 0 Å². The number of carbonyl (C=O) groups excluding carboxylic acids is 3. The van der Waals surface area contributed by atoms with Gasteiger partial charge < -0.3 is 20.1 Å². The van der Waals surface area contributed by atoms with Crippen molar-refractivity contribution in [2.45, 2.75) is 39.0 Å². The first-order valence-electron chi connectivity index (χ1n) is 8.73. The molecule has 150 valence electrons. The fraction of sp³-hybridized carbons (Fsp3) is 0.526. The Bertz CT molecular complexity index is 609. The summed E-state index contributed by atoms with van der Waals surface area (Å²) in [6.45, 7) is 3.72. The molecule has 27 heavy (non-hydrogen) atoms. The molecule has 7 nitrogen and oxygen atoms in total. The first-order chi connectivity index (χ1) is 12.9. The zero-order valence-corrected chi connectivity index (χ0v) is 17.0. The van der Waals surface area contributed by atoms with Crippen LogP contribution in [0.5, 0.6) is 0 Å². The van der Waals surface area contributed by atoms with Gasteiger partial charge in [0.2, 0.25) is 5.91 Å². The maximum absolute atomic E-state index is 12.6. The molecule has 0 radical (unpaired) electrons. The van der Waals surface area contributed by atoms with Crippen molar-refractivity contribution >= 4 is 29.7 Å². The highest BCUT2D eigenvalue weighted by Crippen LogP contribution is 2.07. The Balaban J connectivity index is 2.68. The van der Waals surface area contributed by atoms with Crippen LogP contribution in [0.3, 0.4) is 0 Å². The van der Waals surface area contributed by atoms with Crippen molar-refractivity contribution in [1.29, 1.82) is 0 Å². The van der Waals surface area contributed by atoms with Crippen LogP contribution in [0.4, 0.5) is 4.79 Å². The smallest absolute Gasteiger partial charge is 0.408 e. The summed E-state index contributed by atoms with van der Waals surface area (Å²) in [5.74, 6) is -0.437. The molecular formula is C19H28N2O5S. The van der Waals surface area contributed by atoms with E-state index in [0.29, 0.717) is 12.2 Å². The summed E-state index contributed by atoms with van der Waals surface area (Å²) in [7, 11) is 1.27. The lowest BCUT2D eigenvalue weighted by molar-refractivity contribution is -0.146. The van der Waals surface area contributed by atoms with Crippen LogP contribution in [0.15, 0.2) is 30.3 Å². The number of rotatable bonds is 10. The lowest BCUT2D eigenvalue weighted by Gasteiger charge is -2.24. The molecule has 1 aromatic carbocycles. The number of nitrogens with one attached hydrogen (secondary N) is 2. The van der Waals surface area contributed by atoms with Gasteiger partial charge in [-0.2, -0.15) is 11.8 Å². The van der Waals surface area contributed by atoms with Crippen molar-refractivity contribution in [2.24, 2.45) is 5.92 Å². The van der Waals surface area contributed by atoms with E-state index in [1.807, 2.05) is 36.6 Å². The van der Waals surface area contributed by atoms with Crippen molar-refractivity contribution < 1.29 is 23.9 Å². The highest BCUT2D eigenvalue weighted by Gasteiger charge is 2.29. The van der Waals surface area contributed by atoms with Crippen LogP contribution in [0.25, 0.3) is 0 Å². The van der Waals surface area contributed by atoms with Gasteiger partial charge in [0.15, 0.2) is 0 Å². The van der Waals surface area contributed by atoms with Crippen molar-refractivity contribution in [3.8, 4) is 0 Å². The van der Waals surface area contributed by atoms with Gasteiger partial charge in [-0.05, 0) is 29.9 Å². The Morgan fingerprint density at radius 3 is 2.33 bits per heavy atom. The summed E-state index contributed by atoms with van der Waals surface area (Å²) in [6.07, 6.45) is 1.65. The fourth-order valence-electron chi connectivity index (χ4n) is 2.29. The van der Waals surface area contributed by atoms with Crippen molar-refractivity contribution in [1.82, 2.24) is 10.6 Å². The average Bonchev–Trinajstić information content (AvgIpc) is 2.67. The number of alkyl carbamates (subject to hydrolysis) is 1. The van der Waals surface area contributed by atoms with E-state index in [1.165, 1.54) is 7.11 Å². The summed E-state index contributed by atoms with van der Waals surface area (Å²) in [6, 6.07) is 7.68. The van der Waals surface area contributed by atoms with Gasteiger partial charge in [-0.1, -0.05) is 44.2 Å². The number of carbonyl (C=O) groups is 3. The Kier molecular flexibility index (Phi) is 10.3. The second-order valence-corrected chi connectivity index (χ2v) is 7.28. The van der Waals surface area contributed by atoms with Gasteiger partial charge in [-0.25, -0.2) is 9.59 Å². The average molecular weight is 397 g/mol. The van der Waals surface area contributed by atoms with E-state index in [-0.39, 0.29) is 12.5 Å². The summed E-state index contributed by atoms with van der Waals surface area (Å²) in [4.78, 5) is 36.5. The van der Waals surface area contributed by atoms with Crippen LogP contribution in [0, 0.1) is 5.92 Å². The summed E-state index contributed by atoms with van der Waals surface area (Å²) >= 11 is 1.56. The van der Waals surface area contributed by atoms with Gasteiger partial charge in [0.1, 0.15) is 18.7 Å². The molecule has 0 aliphatic carbocycles. The van der Waals surface area contributed by atoms with E-state index in [0.717, 1.165) is 5.56 Å². The molecule has 0 heterocycles. The van der Waals surface area contributed by atoms with E-state index in [1.54, 1.807) is 25.6 Å². The maximum Gasteiger partial charge on any atom is 0.408 e. The molecule has 0 aromatic heterocycles. The molecule has 2 N–H and O–H groups in total. The van der Waals surface area contributed by atoms with Gasteiger partial charge in [-0.3, -0.25) is 4.79 Å². The van der Waals surface area contributed by atoms with Crippen molar-refractivity contribution in [2.75, 3.05) is 19.1 Å². The van der Waals surface area contributed by atoms with Crippen LogP contribution in [0.1, 0.15) is 25.8 Å². The number of amides is 2. The van der Waals surface area contributed by atoms with E-state index < -0.39 is 30.1 Å². The van der Waals surface area contributed by atoms with E-state index in [4.69, 9.17) is 9.47 Å². The van der Waals surface area contributed by atoms with Crippen LogP contribution >= 0.6 is 11.8 Å². The Labute approximate surface area is 164 Å². The highest BCUT2D eigenvalue weighted by molar-refractivity contribution is 7.98. The molecule has 0 saturated heterocycles. The number of ether oxygens (including phenoxy) is 2. The SMILES string of the molecule is COC(=O)[C@@H](NC(=O)[C@@H](CCSC)NC(=O)OCc1ccccc1)C(C)C. The largest absolute Gasteiger partial charge is 0.467 e. The Morgan fingerprint density at radius 2 is 1.78 bits per heavy atom. The van der Waals surface area contributed by atoms with E-state index >= 15 is 0 Å². The van der Waals surface area contributed by atoms with Crippen LogP contribution in [0.2, 0.25) is 0 Å².